The van der Waals surface area contributed by atoms with E-state index in [0.29, 0.717) is 0 Å². The van der Waals surface area contributed by atoms with Crippen molar-refractivity contribution >= 4 is 0 Å². The van der Waals surface area contributed by atoms with Crippen molar-refractivity contribution in [1.82, 2.24) is 14.4 Å². The van der Waals surface area contributed by atoms with Gasteiger partial charge >= 0.3 is 0 Å². The van der Waals surface area contributed by atoms with Crippen LogP contribution in [0, 0.1) is 0 Å². The average molecular weight is 311 g/mol. The maximum atomic E-state index is 11.7. The van der Waals surface area contributed by atoms with E-state index in [4.69, 9.17) is 0 Å². The van der Waals surface area contributed by atoms with Crippen LogP contribution in [0.25, 0.3) is 0 Å². The van der Waals surface area contributed by atoms with E-state index in [0.717, 1.165) is 44.8 Å². The van der Waals surface area contributed by atoms with Crippen LogP contribution in [0.4, 0.5) is 0 Å². The Labute approximate surface area is 138 Å². The molecule has 1 aromatic carbocycles. The first-order valence-corrected chi connectivity index (χ1v) is 8.35. The molecule has 0 bridgehead atoms. The fourth-order valence-corrected chi connectivity index (χ4v) is 3.13. The van der Waals surface area contributed by atoms with Crippen molar-refractivity contribution in [2.75, 3.05) is 26.2 Å². The first-order chi connectivity index (χ1) is 11.2. The molecular weight excluding hydrogens is 286 g/mol. The summed E-state index contributed by atoms with van der Waals surface area (Å²) in [6.45, 7) is 6.28. The second-order valence-corrected chi connectivity index (χ2v) is 6.38. The summed E-state index contributed by atoms with van der Waals surface area (Å²) < 4.78 is 1.62. The van der Waals surface area contributed by atoms with Gasteiger partial charge in [-0.3, -0.25) is 14.6 Å². The number of aromatic nitrogens is 1. The highest BCUT2D eigenvalue weighted by molar-refractivity contribution is 5.14. The van der Waals surface area contributed by atoms with E-state index in [1.165, 1.54) is 12.0 Å². The van der Waals surface area contributed by atoms with Gasteiger partial charge in [0, 0.05) is 45.5 Å². The van der Waals surface area contributed by atoms with E-state index in [-0.39, 0.29) is 5.56 Å². The SMILES string of the molecule is Cn1ccc(CN2CCCN(Cc3ccccc3)CC2)cc1=O. The first-order valence-electron chi connectivity index (χ1n) is 8.35. The molecule has 2 aromatic rings. The number of nitrogens with zero attached hydrogens (tertiary/aromatic N) is 3. The van der Waals surface area contributed by atoms with Gasteiger partial charge in [-0.05, 0) is 36.7 Å². The predicted molar refractivity (Wildman–Crippen MR) is 93.3 cm³/mol. The summed E-state index contributed by atoms with van der Waals surface area (Å²) in [7, 11) is 1.79. The van der Waals surface area contributed by atoms with Crippen LogP contribution in [-0.4, -0.2) is 40.5 Å². The van der Waals surface area contributed by atoms with Gasteiger partial charge in [0.25, 0.3) is 5.56 Å². The Bertz CT molecular complexity index is 681. The van der Waals surface area contributed by atoms with E-state index < -0.39 is 0 Å². The van der Waals surface area contributed by atoms with Gasteiger partial charge in [0.2, 0.25) is 0 Å². The number of hydrogen-bond donors (Lipinski definition) is 0. The summed E-state index contributed by atoms with van der Waals surface area (Å²) in [6, 6.07) is 14.5. The van der Waals surface area contributed by atoms with Crippen LogP contribution < -0.4 is 5.56 Å². The normalized spacial score (nSPS) is 17.1. The van der Waals surface area contributed by atoms with Crippen molar-refractivity contribution in [3.8, 4) is 0 Å². The lowest BCUT2D eigenvalue weighted by Gasteiger charge is -2.22. The van der Waals surface area contributed by atoms with Gasteiger partial charge in [0.1, 0.15) is 0 Å². The molecule has 1 fully saturated rings. The van der Waals surface area contributed by atoms with Gasteiger partial charge in [-0.1, -0.05) is 30.3 Å². The average Bonchev–Trinajstić information content (AvgIpc) is 2.77. The maximum absolute atomic E-state index is 11.7. The van der Waals surface area contributed by atoms with Crippen molar-refractivity contribution in [1.29, 1.82) is 0 Å². The van der Waals surface area contributed by atoms with E-state index in [9.17, 15) is 4.79 Å². The van der Waals surface area contributed by atoms with Crippen LogP contribution in [-0.2, 0) is 20.1 Å². The summed E-state index contributed by atoms with van der Waals surface area (Å²) >= 11 is 0. The van der Waals surface area contributed by atoms with E-state index in [1.54, 1.807) is 17.7 Å². The molecule has 0 radical (unpaired) electrons. The molecule has 1 aliphatic heterocycles. The predicted octanol–water partition coefficient (Wildman–Crippen LogP) is 2.09. The van der Waals surface area contributed by atoms with Crippen LogP contribution >= 0.6 is 0 Å². The molecule has 3 rings (SSSR count). The topological polar surface area (TPSA) is 28.5 Å². The molecule has 1 aromatic heterocycles. The standard InChI is InChI=1S/C19H25N3O/c1-20-11-8-18(14-19(20)23)16-22-10-5-9-21(12-13-22)15-17-6-3-2-4-7-17/h2-4,6-8,11,14H,5,9-10,12-13,15-16H2,1H3. The molecule has 0 aliphatic carbocycles. The molecule has 122 valence electrons. The molecule has 0 N–H and O–H groups in total. The largest absolute Gasteiger partial charge is 0.319 e. The van der Waals surface area contributed by atoms with E-state index in [2.05, 4.69) is 40.1 Å². The van der Waals surface area contributed by atoms with Crippen LogP contribution in [0.3, 0.4) is 0 Å². The molecule has 23 heavy (non-hydrogen) atoms. The quantitative estimate of drug-likeness (QED) is 0.866. The lowest BCUT2D eigenvalue weighted by Crippen LogP contribution is -2.30. The van der Waals surface area contributed by atoms with Crippen LogP contribution in [0.1, 0.15) is 17.5 Å². The molecule has 1 saturated heterocycles. The molecule has 0 unspecified atom stereocenters. The lowest BCUT2D eigenvalue weighted by atomic mass is 10.2. The minimum atomic E-state index is 0.0722. The molecule has 0 amide bonds. The fourth-order valence-electron chi connectivity index (χ4n) is 3.13. The minimum absolute atomic E-state index is 0.0722. The molecule has 0 atom stereocenters. The van der Waals surface area contributed by atoms with Crippen molar-refractivity contribution in [2.45, 2.75) is 19.5 Å². The zero-order valence-corrected chi connectivity index (χ0v) is 13.8. The molecule has 2 heterocycles. The molecule has 1 aliphatic rings. The Balaban J connectivity index is 1.55. The summed E-state index contributed by atoms with van der Waals surface area (Å²) in [6.07, 6.45) is 3.04. The second kappa shape index (κ2) is 7.57. The number of benzene rings is 1. The molecular formula is C19H25N3O. The van der Waals surface area contributed by atoms with Gasteiger partial charge < -0.3 is 4.57 Å². The summed E-state index contributed by atoms with van der Waals surface area (Å²) in [4.78, 5) is 16.7. The van der Waals surface area contributed by atoms with Crippen LogP contribution in [0.15, 0.2) is 53.5 Å². The van der Waals surface area contributed by atoms with Gasteiger partial charge in [-0.15, -0.1) is 0 Å². The Morgan fingerprint density at radius 1 is 0.870 bits per heavy atom. The van der Waals surface area contributed by atoms with Crippen molar-refractivity contribution < 1.29 is 0 Å². The van der Waals surface area contributed by atoms with Gasteiger partial charge in [-0.25, -0.2) is 0 Å². The zero-order valence-electron chi connectivity index (χ0n) is 13.8. The molecule has 0 spiro atoms. The highest BCUT2D eigenvalue weighted by atomic mass is 16.1. The molecule has 0 saturated carbocycles. The zero-order chi connectivity index (χ0) is 16.1. The van der Waals surface area contributed by atoms with Crippen LogP contribution in [0.2, 0.25) is 0 Å². The number of aryl methyl sites for hydroxylation is 1. The van der Waals surface area contributed by atoms with Crippen molar-refractivity contribution in [2.24, 2.45) is 7.05 Å². The third-order valence-electron chi connectivity index (χ3n) is 4.51. The lowest BCUT2D eigenvalue weighted by molar-refractivity contribution is 0.247. The van der Waals surface area contributed by atoms with Gasteiger partial charge in [0.05, 0.1) is 0 Å². The molecule has 4 heteroatoms. The Hall–Kier alpha value is -1.91. The van der Waals surface area contributed by atoms with Crippen molar-refractivity contribution in [3.05, 3.63) is 70.1 Å². The number of hydrogen-bond acceptors (Lipinski definition) is 3. The Morgan fingerprint density at radius 2 is 1.52 bits per heavy atom. The van der Waals surface area contributed by atoms with E-state index in [1.807, 2.05) is 12.3 Å². The number of rotatable bonds is 4. The maximum Gasteiger partial charge on any atom is 0.250 e. The third-order valence-corrected chi connectivity index (χ3v) is 4.51. The highest BCUT2D eigenvalue weighted by Crippen LogP contribution is 2.11. The van der Waals surface area contributed by atoms with E-state index >= 15 is 0 Å². The summed E-state index contributed by atoms with van der Waals surface area (Å²) in [5.74, 6) is 0. The smallest absolute Gasteiger partial charge is 0.250 e. The Kier molecular flexibility index (Phi) is 5.26. The van der Waals surface area contributed by atoms with Gasteiger partial charge in [0.15, 0.2) is 0 Å². The molecule has 4 nitrogen and oxygen atoms in total. The summed E-state index contributed by atoms with van der Waals surface area (Å²) in [5.41, 5.74) is 2.57. The minimum Gasteiger partial charge on any atom is -0.319 e. The van der Waals surface area contributed by atoms with Gasteiger partial charge in [-0.2, -0.15) is 0 Å². The summed E-state index contributed by atoms with van der Waals surface area (Å²) in [5, 5.41) is 0. The first kappa shape index (κ1) is 16.0. The fraction of sp³-hybridized carbons (Fsp3) is 0.421. The number of pyridine rings is 1. The van der Waals surface area contributed by atoms with Crippen molar-refractivity contribution in [3.63, 3.8) is 0 Å². The second-order valence-electron chi connectivity index (χ2n) is 6.38. The Morgan fingerprint density at radius 3 is 2.17 bits per heavy atom. The highest BCUT2D eigenvalue weighted by Gasteiger charge is 2.15. The monoisotopic (exact) mass is 311 g/mol. The van der Waals surface area contributed by atoms with Crippen LogP contribution in [0.5, 0.6) is 0 Å². The third kappa shape index (κ3) is 4.53.